The van der Waals surface area contributed by atoms with E-state index in [1.807, 2.05) is 11.8 Å². The van der Waals surface area contributed by atoms with Gasteiger partial charge in [0.1, 0.15) is 0 Å². The molecule has 0 aromatic heterocycles. The number of hydrogen-bond acceptors (Lipinski definition) is 2. The van der Waals surface area contributed by atoms with Crippen LogP contribution in [0.4, 0.5) is 0 Å². The van der Waals surface area contributed by atoms with Crippen LogP contribution in [0.2, 0.25) is 0 Å². The summed E-state index contributed by atoms with van der Waals surface area (Å²) >= 11 is 1.97. The molecule has 1 aliphatic rings. The third-order valence-corrected chi connectivity index (χ3v) is 2.99. The second-order valence-corrected chi connectivity index (χ2v) is 4.16. The molecule has 1 saturated heterocycles. The standard InChI is InChI=1S/C7H13NOS/c1-7(8-6-9)2-4-10-5-3-7/h6H,2-5H2,1H3,(H,8,9). The molecule has 1 rings (SSSR count). The summed E-state index contributed by atoms with van der Waals surface area (Å²) in [5.74, 6) is 2.36. The van der Waals surface area contributed by atoms with E-state index in [9.17, 15) is 4.79 Å². The average molecular weight is 159 g/mol. The molecule has 0 radical (unpaired) electrons. The molecule has 0 aromatic rings. The predicted octanol–water partition coefficient (Wildman–Crippen LogP) is 1.02. The maximum Gasteiger partial charge on any atom is 0.207 e. The van der Waals surface area contributed by atoms with Gasteiger partial charge in [-0.05, 0) is 31.3 Å². The van der Waals surface area contributed by atoms with Crippen LogP contribution in [-0.4, -0.2) is 23.5 Å². The molecule has 0 unspecified atom stereocenters. The second kappa shape index (κ2) is 3.28. The molecule has 0 aliphatic carbocycles. The van der Waals surface area contributed by atoms with Crippen molar-refractivity contribution in [2.75, 3.05) is 11.5 Å². The topological polar surface area (TPSA) is 29.1 Å². The van der Waals surface area contributed by atoms with Gasteiger partial charge in [0.2, 0.25) is 6.41 Å². The molecular formula is C7H13NOS. The fraction of sp³-hybridized carbons (Fsp3) is 0.857. The van der Waals surface area contributed by atoms with Crippen LogP contribution in [0, 0.1) is 0 Å². The van der Waals surface area contributed by atoms with Crippen LogP contribution >= 0.6 is 11.8 Å². The molecule has 3 heteroatoms. The van der Waals surface area contributed by atoms with Crippen molar-refractivity contribution >= 4 is 18.2 Å². The Balaban J connectivity index is 2.39. The van der Waals surface area contributed by atoms with Crippen molar-refractivity contribution in [1.82, 2.24) is 5.32 Å². The lowest BCUT2D eigenvalue weighted by Gasteiger charge is -2.32. The number of carbonyl (C=O) groups excluding carboxylic acids is 1. The van der Waals surface area contributed by atoms with Crippen LogP contribution in [0.1, 0.15) is 19.8 Å². The highest BCUT2D eigenvalue weighted by atomic mass is 32.2. The van der Waals surface area contributed by atoms with Gasteiger partial charge in [0.25, 0.3) is 0 Å². The van der Waals surface area contributed by atoms with Crippen molar-refractivity contribution in [3.05, 3.63) is 0 Å². The monoisotopic (exact) mass is 159 g/mol. The van der Waals surface area contributed by atoms with Crippen LogP contribution in [0.5, 0.6) is 0 Å². The third kappa shape index (κ3) is 1.90. The summed E-state index contributed by atoms with van der Waals surface area (Å²) < 4.78 is 0. The van der Waals surface area contributed by atoms with Gasteiger partial charge in [0.15, 0.2) is 0 Å². The van der Waals surface area contributed by atoms with Crippen LogP contribution in [0.15, 0.2) is 0 Å². The van der Waals surface area contributed by atoms with E-state index >= 15 is 0 Å². The summed E-state index contributed by atoms with van der Waals surface area (Å²) in [6.45, 7) is 2.11. The lowest BCUT2D eigenvalue weighted by molar-refractivity contribution is -0.111. The van der Waals surface area contributed by atoms with Crippen molar-refractivity contribution in [1.29, 1.82) is 0 Å². The van der Waals surface area contributed by atoms with Gasteiger partial charge in [-0.2, -0.15) is 11.8 Å². The minimum Gasteiger partial charge on any atom is -0.353 e. The van der Waals surface area contributed by atoms with Crippen LogP contribution in [0.3, 0.4) is 0 Å². The Hall–Kier alpha value is -0.180. The van der Waals surface area contributed by atoms with Crippen LogP contribution < -0.4 is 5.32 Å². The zero-order valence-corrected chi connectivity index (χ0v) is 7.04. The molecule has 1 fully saturated rings. The van der Waals surface area contributed by atoms with Gasteiger partial charge >= 0.3 is 0 Å². The first kappa shape index (κ1) is 7.92. The fourth-order valence-electron chi connectivity index (χ4n) is 1.11. The molecule has 0 bridgehead atoms. The lowest BCUT2D eigenvalue weighted by Crippen LogP contribution is -2.44. The molecule has 10 heavy (non-hydrogen) atoms. The smallest absolute Gasteiger partial charge is 0.207 e. The zero-order chi connectivity index (χ0) is 7.45. The Morgan fingerprint density at radius 2 is 2.10 bits per heavy atom. The number of hydrogen-bond donors (Lipinski definition) is 1. The van der Waals surface area contributed by atoms with Gasteiger partial charge in [-0.3, -0.25) is 4.79 Å². The molecule has 0 spiro atoms. The molecule has 0 saturated carbocycles. The van der Waals surface area contributed by atoms with Crippen molar-refractivity contribution in [2.45, 2.75) is 25.3 Å². The molecule has 58 valence electrons. The number of amides is 1. The lowest BCUT2D eigenvalue weighted by atomic mass is 9.95. The molecule has 1 N–H and O–H groups in total. The summed E-state index contributed by atoms with van der Waals surface area (Å²) in [7, 11) is 0. The van der Waals surface area contributed by atoms with E-state index in [1.54, 1.807) is 0 Å². The van der Waals surface area contributed by atoms with E-state index in [0.717, 1.165) is 19.3 Å². The summed E-state index contributed by atoms with van der Waals surface area (Å²) in [6.07, 6.45) is 3.03. The first-order valence-corrected chi connectivity index (χ1v) is 4.71. The minimum atomic E-state index is 0.0903. The van der Waals surface area contributed by atoms with E-state index in [-0.39, 0.29) is 5.54 Å². The van der Waals surface area contributed by atoms with E-state index < -0.39 is 0 Å². The molecular weight excluding hydrogens is 146 g/mol. The van der Waals surface area contributed by atoms with E-state index in [4.69, 9.17) is 0 Å². The van der Waals surface area contributed by atoms with Crippen molar-refractivity contribution in [2.24, 2.45) is 0 Å². The molecule has 2 nitrogen and oxygen atoms in total. The van der Waals surface area contributed by atoms with Gasteiger partial charge in [-0.25, -0.2) is 0 Å². The highest BCUT2D eigenvalue weighted by Crippen LogP contribution is 2.25. The molecule has 0 atom stereocenters. The summed E-state index contributed by atoms with van der Waals surface area (Å²) in [5, 5.41) is 2.87. The van der Waals surface area contributed by atoms with Gasteiger partial charge < -0.3 is 5.32 Å². The number of nitrogens with one attached hydrogen (secondary N) is 1. The highest BCUT2D eigenvalue weighted by Gasteiger charge is 2.25. The Bertz CT molecular complexity index is 121. The summed E-state index contributed by atoms with van der Waals surface area (Å²) in [5.41, 5.74) is 0.0903. The Morgan fingerprint density at radius 1 is 1.50 bits per heavy atom. The first-order valence-electron chi connectivity index (χ1n) is 3.56. The maximum absolute atomic E-state index is 10.2. The predicted molar refractivity (Wildman–Crippen MR) is 44.2 cm³/mol. The molecule has 0 aromatic carbocycles. The number of carbonyl (C=O) groups is 1. The maximum atomic E-state index is 10.2. The number of thioether (sulfide) groups is 1. The van der Waals surface area contributed by atoms with Crippen molar-refractivity contribution < 1.29 is 4.79 Å². The zero-order valence-electron chi connectivity index (χ0n) is 6.22. The first-order chi connectivity index (χ1) is 4.77. The Kier molecular flexibility index (Phi) is 2.60. The van der Waals surface area contributed by atoms with Crippen LogP contribution in [-0.2, 0) is 4.79 Å². The van der Waals surface area contributed by atoms with E-state index in [2.05, 4.69) is 12.2 Å². The average Bonchev–Trinajstić information content (AvgIpc) is 1.89. The molecule has 1 heterocycles. The van der Waals surface area contributed by atoms with Gasteiger partial charge in [-0.1, -0.05) is 0 Å². The van der Waals surface area contributed by atoms with Crippen LogP contribution in [0.25, 0.3) is 0 Å². The largest absolute Gasteiger partial charge is 0.353 e. The van der Waals surface area contributed by atoms with Crippen molar-refractivity contribution in [3.8, 4) is 0 Å². The highest BCUT2D eigenvalue weighted by molar-refractivity contribution is 7.99. The molecule has 1 amide bonds. The Labute approximate surface area is 65.8 Å². The third-order valence-electron chi connectivity index (χ3n) is 2.00. The fourth-order valence-corrected chi connectivity index (χ4v) is 2.50. The summed E-state index contributed by atoms with van der Waals surface area (Å²) in [6, 6.07) is 0. The van der Waals surface area contributed by atoms with E-state index in [1.165, 1.54) is 11.5 Å². The van der Waals surface area contributed by atoms with Gasteiger partial charge in [0, 0.05) is 5.54 Å². The van der Waals surface area contributed by atoms with Gasteiger partial charge in [-0.15, -0.1) is 0 Å². The molecule has 1 aliphatic heterocycles. The van der Waals surface area contributed by atoms with Gasteiger partial charge in [0.05, 0.1) is 0 Å². The number of rotatable bonds is 2. The van der Waals surface area contributed by atoms with E-state index in [0.29, 0.717) is 0 Å². The van der Waals surface area contributed by atoms with Crippen molar-refractivity contribution in [3.63, 3.8) is 0 Å². The quantitative estimate of drug-likeness (QED) is 0.609. The minimum absolute atomic E-state index is 0.0903. The SMILES string of the molecule is CC1(NC=O)CCSCC1. The summed E-state index contributed by atoms with van der Waals surface area (Å²) in [4.78, 5) is 10.2. The normalized spacial score (nSPS) is 23.7. The Morgan fingerprint density at radius 3 is 2.60 bits per heavy atom. The second-order valence-electron chi connectivity index (χ2n) is 2.94.